The molecular weight excluding hydrogens is 375 g/mol. The Labute approximate surface area is 160 Å². The van der Waals surface area contributed by atoms with Gasteiger partial charge in [0, 0.05) is 24.3 Å². The fourth-order valence-electron chi connectivity index (χ4n) is 2.30. The first kappa shape index (κ1) is 20.3. The molecule has 0 aliphatic heterocycles. The summed E-state index contributed by atoms with van der Waals surface area (Å²) in [5.41, 5.74) is 0.489. The zero-order valence-corrected chi connectivity index (χ0v) is 16.5. The molecule has 1 N–H and O–H groups in total. The topological polar surface area (TPSA) is 75.2 Å². The van der Waals surface area contributed by atoms with Gasteiger partial charge >= 0.3 is 0 Å². The van der Waals surface area contributed by atoms with Gasteiger partial charge in [0.2, 0.25) is 5.91 Å². The third-order valence-corrected chi connectivity index (χ3v) is 5.40. The van der Waals surface area contributed by atoms with Crippen LogP contribution in [0.4, 0.5) is 10.1 Å². The number of aromatic nitrogens is 2. The van der Waals surface area contributed by atoms with Crippen molar-refractivity contribution in [3.8, 4) is 0 Å². The fourth-order valence-corrected chi connectivity index (χ4v) is 3.92. The van der Waals surface area contributed by atoms with Crippen molar-refractivity contribution in [1.82, 2.24) is 15.1 Å². The van der Waals surface area contributed by atoms with Crippen LogP contribution in [0.5, 0.6) is 0 Å². The number of halogens is 1. The summed E-state index contributed by atoms with van der Waals surface area (Å²) in [5, 5.41) is 11.3. The van der Waals surface area contributed by atoms with E-state index < -0.39 is 5.82 Å². The third kappa shape index (κ3) is 5.77. The first-order chi connectivity index (χ1) is 12.4. The number of rotatable bonds is 8. The van der Waals surface area contributed by atoms with E-state index in [-0.39, 0.29) is 28.8 Å². The van der Waals surface area contributed by atoms with Crippen LogP contribution in [0.3, 0.4) is 0 Å². The molecule has 1 aromatic heterocycles. The standard InChI is InChI=1S/C17H21FN4O2S2/c1-4-6-22(5-2)16(24)12-7-13(18)9-14(8-12)19-15(23)10-25-17-21-20-11(3)26-17/h7-9H,4-6,10H2,1-3H3,(H,19,23). The molecular formula is C17H21FN4O2S2. The molecule has 2 aromatic rings. The van der Waals surface area contributed by atoms with E-state index in [1.54, 1.807) is 4.90 Å². The van der Waals surface area contributed by atoms with E-state index in [0.29, 0.717) is 17.4 Å². The second kappa shape index (κ2) is 9.63. The molecule has 1 heterocycles. The van der Waals surface area contributed by atoms with Gasteiger partial charge in [-0.15, -0.1) is 10.2 Å². The van der Waals surface area contributed by atoms with Crippen molar-refractivity contribution in [3.63, 3.8) is 0 Å². The Kier molecular flexibility index (Phi) is 7.52. The van der Waals surface area contributed by atoms with Gasteiger partial charge in [0.15, 0.2) is 4.34 Å². The zero-order chi connectivity index (χ0) is 19.1. The third-order valence-electron chi connectivity index (χ3n) is 3.43. The number of hydrogen-bond donors (Lipinski definition) is 1. The molecule has 0 fully saturated rings. The summed E-state index contributed by atoms with van der Waals surface area (Å²) in [5.74, 6) is -0.979. The Morgan fingerprint density at radius 2 is 2.04 bits per heavy atom. The molecule has 1 aromatic carbocycles. The number of hydrogen-bond acceptors (Lipinski definition) is 6. The zero-order valence-electron chi connectivity index (χ0n) is 14.9. The van der Waals surface area contributed by atoms with Gasteiger partial charge in [-0.05, 0) is 38.5 Å². The van der Waals surface area contributed by atoms with Crippen molar-refractivity contribution in [3.05, 3.63) is 34.6 Å². The molecule has 26 heavy (non-hydrogen) atoms. The largest absolute Gasteiger partial charge is 0.339 e. The number of anilines is 1. The van der Waals surface area contributed by atoms with Crippen LogP contribution in [0, 0.1) is 12.7 Å². The molecule has 9 heteroatoms. The summed E-state index contributed by atoms with van der Waals surface area (Å²) in [6.45, 7) is 6.84. The molecule has 2 amide bonds. The first-order valence-corrected chi connectivity index (χ1v) is 10.1. The van der Waals surface area contributed by atoms with Crippen molar-refractivity contribution in [2.45, 2.75) is 31.5 Å². The predicted molar refractivity (Wildman–Crippen MR) is 102 cm³/mol. The first-order valence-electron chi connectivity index (χ1n) is 8.25. The van der Waals surface area contributed by atoms with E-state index >= 15 is 0 Å². The molecule has 0 unspecified atom stereocenters. The van der Waals surface area contributed by atoms with Gasteiger partial charge in [-0.1, -0.05) is 30.0 Å². The monoisotopic (exact) mass is 396 g/mol. The quantitative estimate of drug-likeness (QED) is 0.690. The van der Waals surface area contributed by atoms with Gasteiger partial charge in [0.1, 0.15) is 10.8 Å². The summed E-state index contributed by atoms with van der Waals surface area (Å²) >= 11 is 2.67. The van der Waals surface area contributed by atoms with E-state index in [2.05, 4.69) is 15.5 Å². The Balaban J connectivity index is 2.03. The van der Waals surface area contributed by atoms with Crippen LogP contribution in [0.15, 0.2) is 22.5 Å². The average Bonchev–Trinajstić information content (AvgIpc) is 3.02. The predicted octanol–water partition coefficient (Wildman–Crippen LogP) is 3.59. The molecule has 0 saturated carbocycles. The highest BCUT2D eigenvalue weighted by molar-refractivity contribution is 8.01. The van der Waals surface area contributed by atoms with Crippen LogP contribution in [0.25, 0.3) is 0 Å². The maximum Gasteiger partial charge on any atom is 0.254 e. The highest BCUT2D eigenvalue weighted by atomic mass is 32.2. The number of carbonyl (C=O) groups excluding carboxylic acids is 2. The lowest BCUT2D eigenvalue weighted by Gasteiger charge is -2.20. The molecule has 0 saturated heterocycles. The number of nitrogens with zero attached hydrogens (tertiary/aromatic N) is 3. The summed E-state index contributed by atoms with van der Waals surface area (Å²) < 4.78 is 14.6. The average molecular weight is 397 g/mol. The van der Waals surface area contributed by atoms with Gasteiger partial charge in [0.25, 0.3) is 5.91 Å². The number of nitrogens with one attached hydrogen (secondary N) is 1. The van der Waals surface area contributed by atoms with E-state index in [4.69, 9.17) is 0 Å². The lowest BCUT2D eigenvalue weighted by Crippen LogP contribution is -2.31. The summed E-state index contributed by atoms with van der Waals surface area (Å²) in [6.07, 6.45) is 0.820. The molecule has 2 rings (SSSR count). The van der Waals surface area contributed by atoms with Crippen LogP contribution in [-0.4, -0.2) is 45.8 Å². The molecule has 0 bridgehead atoms. The summed E-state index contributed by atoms with van der Waals surface area (Å²) in [7, 11) is 0. The van der Waals surface area contributed by atoms with Crippen molar-refractivity contribution in [2.24, 2.45) is 0 Å². The molecule has 0 atom stereocenters. The smallest absolute Gasteiger partial charge is 0.254 e. The molecule has 6 nitrogen and oxygen atoms in total. The van der Waals surface area contributed by atoms with Crippen molar-refractivity contribution < 1.29 is 14.0 Å². The lowest BCUT2D eigenvalue weighted by molar-refractivity contribution is -0.113. The number of amides is 2. The van der Waals surface area contributed by atoms with Crippen LogP contribution in [0.2, 0.25) is 0 Å². The Morgan fingerprint density at radius 3 is 2.65 bits per heavy atom. The number of benzene rings is 1. The van der Waals surface area contributed by atoms with Gasteiger partial charge < -0.3 is 10.2 Å². The van der Waals surface area contributed by atoms with Gasteiger partial charge in [-0.2, -0.15) is 0 Å². The number of thioether (sulfide) groups is 1. The second-order valence-electron chi connectivity index (χ2n) is 5.54. The number of carbonyl (C=O) groups is 2. The maximum absolute atomic E-state index is 13.9. The minimum absolute atomic E-state index is 0.130. The van der Waals surface area contributed by atoms with Crippen LogP contribution in [-0.2, 0) is 4.79 Å². The highest BCUT2D eigenvalue weighted by Gasteiger charge is 2.16. The molecule has 140 valence electrons. The van der Waals surface area contributed by atoms with Crippen LogP contribution in [0.1, 0.15) is 35.6 Å². The molecule has 0 aliphatic carbocycles. The van der Waals surface area contributed by atoms with Crippen molar-refractivity contribution in [2.75, 3.05) is 24.2 Å². The van der Waals surface area contributed by atoms with Gasteiger partial charge in [-0.25, -0.2) is 4.39 Å². The van der Waals surface area contributed by atoms with E-state index in [1.807, 2.05) is 20.8 Å². The van der Waals surface area contributed by atoms with E-state index in [9.17, 15) is 14.0 Å². The Hall–Kier alpha value is -2.00. The minimum atomic E-state index is -0.564. The molecule has 0 spiro atoms. The second-order valence-corrected chi connectivity index (χ2v) is 7.94. The maximum atomic E-state index is 13.9. The van der Waals surface area contributed by atoms with Gasteiger partial charge in [-0.3, -0.25) is 9.59 Å². The fraction of sp³-hybridized carbons (Fsp3) is 0.412. The van der Waals surface area contributed by atoms with Crippen molar-refractivity contribution >= 4 is 40.6 Å². The normalized spacial score (nSPS) is 10.6. The molecule has 0 aliphatic rings. The number of aryl methyl sites for hydroxylation is 1. The van der Waals surface area contributed by atoms with E-state index in [1.165, 1.54) is 41.3 Å². The van der Waals surface area contributed by atoms with Crippen LogP contribution < -0.4 is 5.32 Å². The van der Waals surface area contributed by atoms with E-state index in [0.717, 1.165) is 11.4 Å². The Morgan fingerprint density at radius 1 is 1.27 bits per heavy atom. The van der Waals surface area contributed by atoms with Gasteiger partial charge in [0.05, 0.1) is 5.75 Å². The van der Waals surface area contributed by atoms with Crippen LogP contribution >= 0.6 is 23.1 Å². The minimum Gasteiger partial charge on any atom is -0.339 e. The Bertz CT molecular complexity index is 782. The highest BCUT2D eigenvalue weighted by Crippen LogP contribution is 2.22. The molecule has 0 radical (unpaired) electrons. The lowest BCUT2D eigenvalue weighted by atomic mass is 10.1. The summed E-state index contributed by atoms with van der Waals surface area (Å²) in [6, 6.07) is 3.89. The summed E-state index contributed by atoms with van der Waals surface area (Å²) in [4.78, 5) is 26.2. The van der Waals surface area contributed by atoms with Crippen molar-refractivity contribution in [1.29, 1.82) is 0 Å². The SMILES string of the molecule is CCCN(CC)C(=O)c1cc(F)cc(NC(=O)CSc2nnc(C)s2)c1.